The van der Waals surface area contributed by atoms with E-state index < -0.39 is 0 Å². The Bertz CT molecular complexity index is 830. The third-order valence-electron chi connectivity index (χ3n) is 5.64. The van der Waals surface area contributed by atoms with Crippen molar-refractivity contribution in [1.82, 2.24) is 0 Å². The molecule has 1 aliphatic carbocycles. The second kappa shape index (κ2) is 7.03. The zero-order valence-corrected chi connectivity index (χ0v) is 17.3. The van der Waals surface area contributed by atoms with Crippen molar-refractivity contribution in [3.05, 3.63) is 58.5 Å². The van der Waals surface area contributed by atoms with Crippen LogP contribution in [0.15, 0.2) is 34.7 Å². The molecule has 3 nitrogen and oxygen atoms in total. The van der Waals surface area contributed by atoms with E-state index in [9.17, 15) is 4.79 Å². The van der Waals surface area contributed by atoms with Gasteiger partial charge in [0.25, 0.3) is 0 Å². The average molecular weight is 367 g/mol. The Hall–Kier alpha value is -2.29. The van der Waals surface area contributed by atoms with E-state index in [1.165, 1.54) is 12.0 Å². The Morgan fingerprint density at radius 3 is 2.33 bits per heavy atom. The van der Waals surface area contributed by atoms with Gasteiger partial charge in [-0.1, -0.05) is 39.8 Å². The summed E-state index contributed by atoms with van der Waals surface area (Å²) in [6.45, 7) is 13.4. The van der Waals surface area contributed by atoms with Gasteiger partial charge in [-0.2, -0.15) is 0 Å². The molecule has 0 N–H and O–H groups in total. The topological polar surface area (TPSA) is 39.4 Å². The summed E-state index contributed by atoms with van der Waals surface area (Å²) in [4.78, 5) is 11.8. The lowest BCUT2D eigenvalue weighted by atomic mass is 9.66. The molecule has 0 saturated heterocycles. The normalized spacial score (nSPS) is 18.1. The molecule has 1 aromatic heterocycles. The van der Waals surface area contributed by atoms with Crippen molar-refractivity contribution in [2.24, 2.45) is 0 Å². The van der Waals surface area contributed by atoms with E-state index in [0.29, 0.717) is 12.2 Å². The maximum absolute atomic E-state index is 11.8. The molecule has 144 valence electrons. The van der Waals surface area contributed by atoms with Crippen molar-refractivity contribution in [1.29, 1.82) is 0 Å². The third kappa shape index (κ3) is 3.87. The number of benzene rings is 1. The van der Waals surface area contributed by atoms with Crippen LogP contribution in [0.25, 0.3) is 11.6 Å². The highest BCUT2D eigenvalue weighted by molar-refractivity contribution is 5.90. The number of rotatable bonds is 4. The highest BCUT2D eigenvalue weighted by Crippen LogP contribution is 2.47. The van der Waals surface area contributed by atoms with Gasteiger partial charge in [0.1, 0.15) is 11.5 Å². The molecule has 0 amide bonds. The average Bonchev–Trinajstić information content (AvgIpc) is 3.08. The summed E-state index contributed by atoms with van der Waals surface area (Å²) in [5, 5.41) is 0. The molecule has 0 bridgehead atoms. The zero-order chi connectivity index (χ0) is 19.8. The van der Waals surface area contributed by atoms with Crippen molar-refractivity contribution in [3.63, 3.8) is 0 Å². The number of hydrogen-bond acceptors (Lipinski definition) is 3. The van der Waals surface area contributed by atoms with Crippen molar-refractivity contribution < 1.29 is 13.9 Å². The molecule has 1 aromatic carbocycles. The fourth-order valence-corrected chi connectivity index (χ4v) is 3.71. The van der Waals surface area contributed by atoms with Crippen LogP contribution in [0, 0.1) is 0 Å². The summed E-state index contributed by atoms with van der Waals surface area (Å²) in [5.41, 5.74) is 4.25. The first-order chi connectivity index (χ1) is 12.6. The van der Waals surface area contributed by atoms with Gasteiger partial charge < -0.3 is 9.15 Å². The van der Waals surface area contributed by atoms with Crippen LogP contribution in [-0.4, -0.2) is 12.6 Å². The molecular formula is C24H30O3. The second-order valence-corrected chi connectivity index (χ2v) is 8.79. The zero-order valence-electron chi connectivity index (χ0n) is 17.3. The van der Waals surface area contributed by atoms with Crippen LogP contribution in [0.4, 0.5) is 0 Å². The molecular weight excluding hydrogens is 336 g/mol. The summed E-state index contributed by atoms with van der Waals surface area (Å²) in [7, 11) is 0. The lowest BCUT2D eigenvalue weighted by molar-refractivity contribution is 0.0526. The number of allylic oxidation sites excluding steroid dienone is 1. The van der Waals surface area contributed by atoms with Gasteiger partial charge >= 0.3 is 5.97 Å². The number of carbonyl (C=O) groups is 1. The second-order valence-electron chi connectivity index (χ2n) is 8.79. The van der Waals surface area contributed by atoms with Crippen LogP contribution in [0.5, 0.6) is 0 Å². The predicted octanol–water partition coefficient (Wildman–Crippen LogP) is 6.37. The monoisotopic (exact) mass is 366 g/mol. The van der Waals surface area contributed by atoms with Crippen molar-refractivity contribution in [2.75, 3.05) is 6.61 Å². The number of esters is 1. The minimum atomic E-state index is -0.284. The first kappa shape index (κ1) is 19.5. The maximum atomic E-state index is 11.8. The van der Waals surface area contributed by atoms with Crippen LogP contribution in [0.1, 0.15) is 87.4 Å². The Balaban J connectivity index is 1.89. The quantitative estimate of drug-likeness (QED) is 0.591. The van der Waals surface area contributed by atoms with Gasteiger partial charge in [-0.3, -0.25) is 0 Å². The molecule has 0 spiro atoms. The highest BCUT2D eigenvalue weighted by Gasteiger charge is 2.40. The SMILES string of the molecule is CCOC(=O)c1ccc(C=C(C)c2cc3c(o2)C(C)(C)CCC3(C)C)cc1. The standard InChI is InChI=1S/C24H30O3/c1-7-26-22(25)18-10-8-17(9-11-18)14-16(2)20-15-19-21(27-20)24(5,6)13-12-23(19,3)4/h8-11,14-15H,7,12-13H2,1-6H3. The van der Waals surface area contributed by atoms with E-state index in [4.69, 9.17) is 9.15 Å². The Kier molecular flexibility index (Phi) is 5.07. The molecule has 3 rings (SSSR count). The summed E-state index contributed by atoms with van der Waals surface area (Å²) in [5.74, 6) is 1.77. The van der Waals surface area contributed by atoms with Crippen LogP contribution < -0.4 is 0 Å². The minimum Gasteiger partial charge on any atom is -0.462 e. The molecule has 1 heterocycles. The Labute approximate surface area is 162 Å². The van der Waals surface area contributed by atoms with E-state index in [1.807, 2.05) is 19.1 Å². The fraction of sp³-hybridized carbons (Fsp3) is 0.458. The third-order valence-corrected chi connectivity index (χ3v) is 5.64. The number of ether oxygens (including phenoxy) is 1. The van der Waals surface area contributed by atoms with Gasteiger partial charge in [-0.05, 0) is 67.5 Å². The van der Waals surface area contributed by atoms with Crippen LogP contribution in [0.2, 0.25) is 0 Å². The van der Waals surface area contributed by atoms with Crippen molar-refractivity contribution in [2.45, 2.75) is 65.2 Å². The van der Waals surface area contributed by atoms with Gasteiger partial charge in [-0.25, -0.2) is 4.79 Å². The molecule has 2 aromatic rings. The molecule has 0 aliphatic heterocycles. The summed E-state index contributed by atoms with van der Waals surface area (Å²) in [6.07, 6.45) is 4.40. The van der Waals surface area contributed by atoms with Crippen LogP contribution in [-0.2, 0) is 15.6 Å². The lowest BCUT2D eigenvalue weighted by Gasteiger charge is -2.37. The Morgan fingerprint density at radius 2 is 1.74 bits per heavy atom. The Morgan fingerprint density at radius 1 is 1.11 bits per heavy atom. The molecule has 27 heavy (non-hydrogen) atoms. The van der Waals surface area contributed by atoms with E-state index in [2.05, 4.69) is 46.8 Å². The number of hydrogen-bond donors (Lipinski definition) is 0. The van der Waals surface area contributed by atoms with Gasteiger partial charge in [0.2, 0.25) is 0 Å². The summed E-state index contributed by atoms with van der Waals surface area (Å²) >= 11 is 0. The summed E-state index contributed by atoms with van der Waals surface area (Å²) in [6, 6.07) is 9.70. The lowest BCUT2D eigenvalue weighted by Crippen LogP contribution is -2.32. The van der Waals surface area contributed by atoms with Crippen molar-refractivity contribution >= 4 is 17.6 Å². The van der Waals surface area contributed by atoms with Crippen LogP contribution >= 0.6 is 0 Å². The van der Waals surface area contributed by atoms with E-state index >= 15 is 0 Å². The van der Waals surface area contributed by atoms with Gasteiger partial charge in [-0.15, -0.1) is 0 Å². The fourth-order valence-electron chi connectivity index (χ4n) is 3.71. The van der Waals surface area contributed by atoms with Crippen LogP contribution in [0.3, 0.4) is 0 Å². The largest absolute Gasteiger partial charge is 0.462 e. The van der Waals surface area contributed by atoms with Gasteiger partial charge in [0.05, 0.1) is 12.2 Å². The molecule has 0 atom stereocenters. The number of carbonyl (C=O) groups excluding carboxylic acids is 1. The first-order valence-electron chi connectivity index (χ1n) is 9.75. The predicted molar refractivity (Wildman–Crippen MR) is 110 cm³/mol. The number of fused-ring (bicyclic) bond motifs is 1. The molecule has 0 unspecified atom stereocenters. The van der Waals surface area contributed by atoms with E-state index in [1.54, 1.807) is 12.1 Å². The summed E-state index contributed by atoms with van der Waals surface area (Å²) < 4.78 is 11.4. The first-order valence-corrected chi connectivity index (χ1v) is 9.75. The van der Waals surface area contributed by atoms with E-state index in [0.717, 1.165) is 29.1 Å². The van der Waals surface area contributed by atoms with Gasteiger partial charge in [0.15, 0.2) is 0 Å². The molecule has 1 aliphatic rings. The molecule has 0 saturated carbocycles. The molecule has 3 heteroatoms. The van der Waals surface area contributed by atoms with Crippen molar-refractivity contribution in [3.8, 4) is 0 Å². The van der Waals surface area contributed by atoms with Gasteiger partial charge in [0, 0.05) is 11.0 Å². The number of furan rings is 1. The minimum absolute atomic E-state index is 0.0741. The molecule has 0 fully saturated rings. The molecule has 0 radical (unpaired) electrons. The smallest absolute Gasteiger partial charge is 0.338 e. The highest BCUT2D eigenvalue weighted by atomic mass is 16.5. The maximum Gasteiger partial charge on any atom is 0.338 e. The van der Waals surface area contributed by atoms with E-state index in [-0.39, 0.29) is 16.8 Å².